The molecule has 2 N–H and O–H groups in total. The van der Waals surface area contributed by atoms with Crippen LogP contribution in [0.15, 0.2) is 36.4 Å². The van der Waals surface area contributed by atoms with E-state index < -0.39 is 6.10 Å². The zero-order valence-corrected chi connectivity index (χ0v) is 11.3. The van der Waals surface area contributed by atoms with Gasteiger partial charge in [-0.05, 0) is 35.4 Å². The first kappa shape index (κ1) is 13.1. The average Bonchev–Trinajstić information content (AvgIpc) is 2.87. The van der Waals surface area contributed by atoms with Gasteiger partial charge < -0.3 is 19.7 Å². The van der Waals surface area contributed by atoms with Gasteiger partial charge in [0.1, 0.15) is 5.75 Å². The van der Waals surface area contributed by atoms with Crippen molar-refractivity contribution < 1.29 is 19.7 Å². The highest BCUT2D eigenvalue weighted by molar-refractivity contribution is 6.32. The highest BCUT2D eigenvalue weighted by Crippen LogP contribution is 2.41. The van der Waals surface area contributed by atoms with Crippen LogP contribution in [0.25, 0.3) is 0 Å². The number of phenols is 1. The van der Waals surface area contributed by atoms with Gasteiger partial charge in [-0.3, -0.25) is 0 Å². The predicted molar refractivity (Wildman–Crippen MR) is 74.3 cm³/mol. The molecule has 4 nitrogen and oxygen atoms in total. The van der Waals surface area contributed by atoms with Crippen molar-refractivity contribution in [1.29, 1.82) is 0 Å². The Morgan fingerprint density at radius 1 is 1.20 bits per heavy atom. The molecule has 0 aliphatic carbocycles. The number of halogens is 1. The number of hydrogen-bond acceptors (Lipinski definition) is 4. The van der Waals surface area contributed by atoms with Gasteiger partial charge >= 0.3 is 0 Å². The number of benzene rings is 2. The Morgan fingerprint density at radius 2 is 2.05 bits per heavy atom. The molecule has 20 heavy (non-hydrogen) atoms. The first-order valence-electron chi connectivity index (χ1n) is 6.18. The van der Waals surface area contributed by atoms with Crippen molar-refractivity contribution in [2.75, 3.05) is 6.79 Å². The van der Waals surface area contributed by atoms with E-state index in [0.717, 1.165) is 5.56 Å². The van der Waals surface area contributed by atoms with Gasteiger partial charge in [0.15, 0.2) is 11.5 Å². The maximum Gasteiger partial charge on any atom is 0.231 e. The Morgan fingerprint density at radius 3 is 2.85 bits per heavy atom. The third-order valence-corrected chi connectivity index (χ3v) is 3.45. The van der Waals surface area contributed by atoms with Gasteiger partial charge in [-0.25, -0.2) is 0 Å². The molecule has 2 aromatic carbocycles. The minimum atomic E-state index is -0.733. The van der Waals surface area contributed by atoms with E-state index in [-0.39, 0.29) is 12.5 Å². The lowest BCUT2D eigenvalue weighted by molar-refractivity contribution is 0.171. The van der Waals surface area contributed by atoms with E-state index >= 15 is 0 Å². The van der Waals surface area contributed by atoms with E-state index in [1.165, 1.54) is 0 Å². The summed E-state index contributed by atoms with van der Waals surface area (Å²) >= 11 is 6.09. The van der Waals surface area contributed by atoms with Crippen molar-refractivity contribution in [3.05, 3.63) is 52.5 Å². The summed E-state index contributed by atoms with van der Waals surface area (Å²) in [6.45, 7) is 0.140. The fourth-order valence-corrected chi connectivity index (χ4v) is 2.48. The van der Waals surface area contributed by atoms with Crippen molar-refractivity contribution in [2.45, 2.75) is 12.5 Å². The number of fused-ring (bicyclic) bond motifs is 1. The van der Waals surface area contributed by atoms with Crippen LogP contribution in [0.4, 0.5) is 0 Å². The molecule has 0 fully saturated rings. The lowest BCUT2D eigenvalue weighted by atomic mass is 10.0. The maximum atomic E-state index is 10.3. The molecule has 0 aromatic heterocycles. The molecule has 0 saturated heterocycles. The summed E-state index contributed by atoms with van der Waals surface area (Å²) in [6, 6.07) is 10.2. The zero-order valence-electron chi connectivity index (χ0n) is 10.5. The highest BCUT2D eigenvalue weighted by Gasteiger charge is 2.21. The Bertz CT molecular complexity index is 642. The van der Waals surface area contributed by atoms with Crippen molar-refractivity contribution in [1.82, 2.24) is 0 Å². The second-order valence-corrected chi connectivity index (χ2v) is 5.03. The fourth-order valence-electron chi connectivity index (χ4n) is 2.20. The standard InChI is InChI=1S/C15H13ClO4/c16-12-6-10(7-14-15(12)20-8-19-14)13(18)5-9-2-1-3-11(17)4-9/h1-4,6-7,13,17-18H,5,8H2. The summed E-state index contributed by atoms with van der Waals surface area (Å²) in [5.74, 6) is 1.24. The zero-order chi connectivity index (χ0) is 14.1. The molecule has 0 spiro atoms. The number of ether oxygens (including phenoxy) is 2. The second-order valence-electron chi connectivity index (χ2n) is 4.63. The molecule has 5 heteroatoms. The van der Waals surface area contributed by atoms with Gasteiger partial charge in [-0.1, -0.05) is 23.7 Å². The molecule has 0 amide bonds. The Kier molecular flexibility index (Phi) is 3.42. The summed E-state index contributed by atoms with van der Waals surface area (Å²) in [6.07, 6.45) is -0.353. The van der Waals surface area contributed by atoms with Crippen LogP contribution < -0.4 is 9.47 Å². The van der Waals surface area contributed by atoms with E-state index in [0.29, 0.717) is 28.5 Å². The summed E-state index contributed by atoms with van der Waals surface area (Å²) in [5, 5.41) is 20.1. The Labute approximate surface area is 121 Å². The molecular weight excluding hydrogens is 280 g/mol. The van der Waals surface area contributed by atoms with Gasteiger partial charge in [0.25, 0.3) is 0 Å². The SMILES string of the molecule is Oc1cccc(CC(O)c2cc(Cl)c3c(c2)OCO3)c1. The van der Waals surface area contributed by atoms with E-state index in [4.69, 9.17) is 21.1 Å². The molecule has 0 radical (unpaired) electrons. The molecule has 1 aliphatic heterocycles. The summed E-state index contributed by atoms with van der Waals surface area (Å²) < 4.78 is 10.5. The van der Waals surface area contributed by atoms with Gasteiger partial charge in [0.2, 0.25) is 6.79 Å². The van der Waals surface area contributed by atoms with E-state index in [1.54, 1.807) is 30.3 Å². The smallest absolute Gasteiger partial charge is 0.231 e. The minimum Gasteiger partial charge on any atom is -0.508 e. The molecule has 2 aromatic rings. The fraction of sp³-hybridized carbons (Fsp3) is 0.200. The van der Waals surface area contributed by atoms with Crippen LogP contribution >= 0.6 is 11.6 Å². The van der Waals surface area contributed by atoms with Crippen LogP contribution in [-0.4, -0.2) is 17.0 Å². The first-order chi connectivity index (χ1) is 9.63. The molecule has 0 bridgehead atoms. The van der Waals surface area contributed by atoms with Crippen molar-refractivity contribution in [2.24, 2.45) is 0 Å². The predicted octanol–water partition coefficient (Wildman–Crippen LogP) is 3.05. The van der Waals surface area contributed by atoms with Crippen LogP contribution in [-0.2, 0) is 6.42 Å². The molecule has 1 unspecified atom stereocenters. The molecule has 104 valence electrons. The summed E-state index contributed by atoms with van der Waals surface area (Å²) in [4.78, 5) is 0. The third-order valence-electron chi connectivity index (χ3n) is 3.17. The molecule has 1 atom stereocenters. The number of hydrogen-bond donors (Lipinski definition) is 2. The Hall–Kier alpha value is -1.91. The average molecular weight is 293 g/mol. The van der Waals surface area contributed by atoms with Crippen molar-refractivity contribution >= 4 is 11.6 Å². The second kappa shape index (κ2) is 5.23. The molecule has 1 heterocycles. The van der Waals surface area contributed by atoms with Gasteiger partial charge in [0, 0.05) is 6.42 Å². The Balaban J connectivity index is 1.84. The quantitative estimate of drug-likeness (QED) is 0.913. The number of phenolic OH excluding ortho intramolecular Hbond substituents is 1. The van der Waals surface area contributed by atoms with Crippen LogP contribution in [0.1, 0.15) is 17.2 Å². The monoisotopic (exact) mass is 292 g/mol. The number of aromatic hydroxyl groups is 1. The highest BCUT2D eigenvalue weighted by atomic mass is 35.5. The minimum absolute atomic E-state index is 0.140. The lowest BCUT2D eigenvalue weighted by Crippen LogP contribution is -2.02. The van der Waals surface area contributed by atoms with Crippen LogP contribution in [0.5, 0.6) is 17.2 Å². The van der Waals surface area contributed by atoms with Crippen molar-refractivity contribution in [3.8, 4) is 17.2 Å². The van der Waals surface area contributed by atoms with Crippen LogP contribution in [0, 0.1) is 0 Å². The largest absolute Gasteiger partial charge is 0.508 e. The summed E-state index contributed by atoms with van der Waals surface area (Å²) in [5.41, 5.74) is 1.49. The molecule has 0 saturated carbocycles. The van der Waals surface area contributed by atoms with Crippen LogP contribution in [0.2, 0.25) is 5.02 Å². The van der Waals surface area contributed by atoms with Crippen LogP contribution in [0.3, 0.4) is 0 Å². The molecule has 1 aliphatic rings. The van der Waals surface area contributed by atoms with E-state index in [9.17, 15) is 10.2 Å². The van der Waals surface area contributed by atoms with Gasteiger partial charge in [-0.2, -0.15) is 0 Å². The number of aliphatic hydroxyl groups excluding tert-OH is 1. The number of aliphatic hydroxyl groups is 1. The summed E-state index contributed by atoms with van der Waals surface area (Å²) in [7, 11) is 0. The van der Waals surface area contributed by atoms with Gasteiger partial charge in [-0.15, -0.1) is 0 Å². The molecular formula is C15H13ClO4. The third kappa shape index (κ3) is 2.53. The molecule has 3 rings (SSSR count). The normalized spacial score (nSPS) is 14.3. The van der Waals surface area contributed by atoms with Crippen molar-refractivity contribution in [3.63, 3.8) is 0 Å². The van der Waals surface area contributed by atoms with Gasteiger partial charge in [0.05, 0.1) is 11.1 Å². The lowest BCUT2D eigenvalue weighted by Gasteiger charge is -2.13. The van der Waals surface area contributed by atoms with E-state index in [2.05, 4.69) is 0 Å². The number of rotatable bonds is 3. The van der Waals surface area contributed by atoms with E-state index in [1.807, 2.05) is 6.07 Å². The first-order valence-corrected chi connectivity index (χ1v) is 6.56. The maximum absolute atomic E-state index is 10.3. The topological polar surface area (TPSA) is 58.9 Å².